The van der Waals surface area contributed by atoms with Crippen molar-refractivity contribution in [1.29, 1.82) is 0 Å². The van der Waals surface area contributed by atoms with Crippen molar-refractivity contribution in [2.24, 2.45) is 5.41 Å². The number of pyridine rings is 1. The molecule has 0 fully saturated rings. The number of hydrogen-bond acceptors (Lipinski definition) is 2. The van der Waals surface area contributed by atoms with Crippen molar-refractivity contribution in [3.63, 3.8) is 0 Å². The van der Waals surface area contributed by atoms with E-state index < -0.39 is 0 Å². The number of aromatic nitrogens is 1. The molecular formula is C12H17BrCl2N2. The standard InChI is InChI=1S/C12H17BrCl2N2/c1-3-12(4-2,7-14)8-17-11-10(13)5-9(15)6-16-11/h5-6H,3-4,7-8H2,1-2H3,(H,16,17). The molecule has 0 unspecified atom stereocenters. The summed E-state index contributed by atoms with van der Waals surface area (Å²) in [5.41, 5.74) is 0.127. The van der Waals surface area contributed by atoms with Crippen LogP contribution in [0.15, 0.2) is 16.7 Å². The van der Waals surface area contributed by atoms with Crippen molar-refractivity contribution in [2.75, 3.05) is 17.7 Å². The topological polar surface area (TPSA) is 24.9 Å². The molecule has 0 bridgehead atoms. The fourth-order valence-corrected chi connectivity index (χ4v) is 2.80. The number of nitrogens with one attached hydrogen (secondary N) is 1. The monoisotopic (exact) mass is 338 g/mol. The number of anilines is 1. The summed E-state index contributed by atoms with van der Waals surface area (Å²) in [6.45, 7) is 5.15. The molecule has 0 atom stereocenters. The highest BCUT2D eigenvalue weighted by Gasteiger charge is 2.25. The lowest BCUT2D eigenvalue weighted by atomic mass is 9.84. The van der Waals surface area contributed by atoms with E-state index in [0.29, 0.717) is 10.9 Å². The van der Waals surface area contributed by atoms with E-state index in [4.69, 9.17) is 23.2 Å². The van der Waals surface area contributed by atoms with Crippen molar-refractivity contribution < 1.29 is 0 Å². The van der Waals surface area contributed by atoms with Crippen LogP contribution in [-0.4, -0.2) is 17.4 Å². The third kappa shape index (κ3) is 4.01. The van der Waals surface area contributed by atoms with Crippen LogP contribution in [0.25, 0.3) is 0 Å². The molecule has 0 amide bonds. The minimum Gasteiger partial charge on any atom is -0.369 e. The van der Waals surface area contributed by atoms with Gasteiger partial charge >= 0.3 is 0 Å². The van der Waals surface area contributed by atoms with E-state index in [1.54, 1.807) is 6.20 Å². The van der Waals surface area contributed by atoms with Gasteiger partial charge in [0.05, 0.1) is 9.50 Å². The third-order valence-corrected chi connectivity index (χ3v) is 4.60. The lowest BCUT2D eigenvalue weighted by molar-refractivity contribution is 0.326. The Balaban J connectivity index is 2.72. The first-order chi connectivity index (χ1) is 8.06. The highest BCUT2D eigenvalue weighted by Crippen LogP contribution is 2.30. The fourth-order valence-electron chi connectivity index (χ4n) is 1.55. The van der Waals surface area contributed by atoms with Crippen LogP contribution in [-0.2, 0) is 0 Å². The van der Waals surface area contributed by atoms with Crippen molar-refractivity contribution in [3.05, 3.63) is 21.8 Å². The zero-order valence-corrected chi connectivity index (χ0v) is 13.2. The smallest absolute Gasteiger partial charge is 0.140 e. The summed E-state index contributed by atoms with van der Waals surface area (Å²) in [6, 6.07) is 1.83. The molecule has 0 saturated heterocycles. The van der Waals surface area contributed by atoms with Crippen molar-refractivity contribution in [1.82, 2.24) is 4.98 Å². The Kier molecular flexibility index (Phi) is 6.04. The first-order valence-electron chi connectivity index (χ1n) is 5.68. The number of nitrogens with zero attached hydrogens (tertiary/aromatic N) is 1. The molecule has 0 saturated carbocycles. The molecule has 0 spiro atoms. The Morgan fingerprint density at radius 3 is 2.53 bits per heavy atom. The van der Waals surface area contributed by atoms with Crippen LogP contribution in [0.1, 0.15) is 26.7 Å². The van der Waals surface area contributed by atoms with Gasteiger partial charge in [0.2, 0.25) is 0 Å². The molecule has 17 heavy (non-hydrogen) atoms. The molecule has 1 N–H and O–H groups in total. The second-order valence-corrected chi connectivity index (χ2v) is 5.74. The van der Waals surface area contributed by atoms with Crippen molar-refractivity contribution >= 4 is 44.9 Å². The summed E-state index contributed by atoms with van der Waals surface area (Å²) in [6.07, 6.45) is 3.73. The Labute approximate surface area is 121 Å². The zero-order chi connectivity index (χ0) is 12.9. The Bertz CT molecular complexity index is 359. The number of hydrogen-bond donors (Lipinski definition) is 1. The molecule has 1 aromatic rings. The molecular weight excluding hydrogens is 323 g/mol. The summed E-state index contributed by atoms with van der Waals surface area (Å²) < 4.78 is 0.876. The summed E-state index contributed by atoms with van der Waals surface area (Å²) in [4.78, 5) is 4.25. The minimum atomic E-state index is 0.127. The van der Waals surface area contributed by atoms with Gasteiger partial charge in [-0.15, -0.1) is 11.6 Å². The van der Waals surface area contributed by atoms with Gasteiger partial charge in [-0.1, -0.05) is 25.4 Å². The minimum absolute atomic E-state index is 0.127. The first kappa shape index (κ1) is 15.1. The summed E-state index contributed by atoms with van der Waals surface area (Å²) in [5, 5.41) is 3.96. The second kappa shape index (κ2) is 6.81. The maximum Gasteiger partial charge on any atom is 0.140 e. The fraction of sp³-hybridized carbons (Fsp3) is 0.583. The van der Waals surface area contributed by atoms with Gasteiger partial charge in [-0.3, -0.25) is 0 Å². The van der Waals surface area contributed by atoms with E-state index in [9.17, 15) is 0 Å². The van der Waals surface area contributed by atoms with Gasteiger partial charge in [0.15, 0.2) is 0 Å². The third-order valence-electron chi connectivity index (χ3n) is 3.22. The lowest BCUT2D eigenvalue weighted by Crippen LogP contribution is -2.30. The van der Waals surface area contributed by atoms with Crippen LogP contribution < -0.4 is 5.32 Å². The van der Waals surface area contributed by atoms with Crippen LogP contribution in [0.4, 0.5) is 5.82 Å². The van der Waals surface area contributed by atoms with Crippen LogP contribution in [0.2, 0.25) is 5.02 Å². The molecule has 0 aliphatic rings. The largest absolute Gasteiger partial charge is 0.369 e. The molecule has 0 aromatic carbocycles. The first-order valence-corrected chi connectivity index (χ1v) is 7.38. The predicted octanol–water partition coefficient (Wildman–Crippen LogP) is 4.95. The molecule has 0 aliphatic heterocycles. The summed E-state index contributed by atoms with van der Waals surface area (Å²) in [7, 11) is 0. The summed E-state index contributed by atoms with van der Waals surface area (Å²) in [5.74, 6) is 1.46. The van der Waals surface area contributed by atoms with Gasteiger partial charge in [0, 0.05) is 24.0 Å². The molecule has 1 aromatic heterocycles. The van der Waals surface area contributed by atoms with Crippen LogP contribution in [0.3, 0.4) is 0 Å². The summed E-state index contributed by atoms with van der Waals surface area (Å²) >= 11 is 15.3. The highest BCUT2D eigenvalue weighted by atomic mass is 79.9. The SMILES string of the molecule is CCC(CC)(CCl)CNc1ncc(Cl)cc1Br. The van der Waals surface area contributed by atoms with Gasteiger partial charge < -0.3 is 5.32 Å². The van der Waals surface area contributed by atoms with Gasteiger partial charge in [-0.2, -0.15) is 0 Å². The van der Waals surface area contributed by atoms with Gasteiger partial charge in [0.25, 0.3) is 0 Å². The van der Waals surface area contributed by atoms with E-state index in [0.717, 1.165) is 29.7 Å². The molecule has 1 heterocycles. The van der Waals surface area contributed by atoms with Crippen LogP contribution in [0, 0.1) is 5.41 Å². The molecule has 0 aliphatic carbocycles. The molecule has 96 valence electrons. The normalized spacial score (nSPS) is 11.6. The Morgan fingerprint density at radius 2 is 2.06 bits per heavy atom. The maximum atomic E-state index is 6.06. The van der Waals surface area contributed by atoms with E-state index in [1.807, 2.05) is 6.07 Å². The van der Waals surface area contributed by atoms with E-state index in [1.165, 1.54) is 0 Å². The van der Waals surface area contributed by atoms with Gasteiger partial charge in [-0.05, 0) is 34.8 Å². The Morgan fingerprint density at radius 1 is 1.41 bits per heavy atom. The number of rotatable bonds is 6. The predicted molar refractivity (Wildman–Crippen MR) is 79.2 cm³/mol. The average molecular weight is 340 g/mol. The molecule has 2 nitrogen and oxygen atoms in total. The molecule has 1 rings (SSSR count). The van der Waals surface area contributed by atoms with Crippen molar-refractivity contribution in [2.45, 2.75) is 26.7 Å². The lowest BCUT2D eigenvalue weighted by Gasteiger charge is -2.29. The Hall–Kier alpha value is 0.01000. The van der Waals surface area contributed by atoms with E-state index in [2.05, 4.69) is 40.1 Å². The average Bonchev–Trinajstić information content (AvgIpc) is 2.33. The molecule has 0 radical (unpaired) electrons. The van der Waals surface area contributed by atoms with Crippen LogP contribution in [0.5, 0.6) is 0 Å². The zero-order valence-electron chi connectivity index (χ0n) is 10.1. The van der Waals surface area contributed by atoms with E-state index in [-0.39, 0.29) is 5.41 Å². The second-order valence-electron chi connectivity index (χ2n) is 4.18. The van der Waals surface area contributed by atoms with Gasteiger partial charge in [0.1, 0.15) is 5.82 Å². The van der Waals surface area contributed by atoms with Gasteiger partial charge in [-0.25, -0.2) is 4.98 Å². The van der Waals surface area contributed by atoms with Crippen molar-refractivity contribution in [3.8, 4) is 0 Å². The van der Waals surface area contributed by atoms with Crippen LogP contribution >= 0.6 is 39.1 Å². The number of alkyl halides is 1. The maximum absolute atomic E-state index is 6.06. The van der Waals surface area contributed by atoms with E-state index >= 15 is 0 Å². The quantitative estimate of drug-likeness (QED) is 0.741. The molecule has 5 heteroatoms. The number of halogens is 3. The highest BCUT2D eigenvalue weighted by molar-refractivity contribution is 9.10.